The van der Waals surface area contributed by atoms with Crippen LogP contribution in [-0.4, -0.2) is 76.5 Å². The molecule has 2 fully saturated rings. The van der Waals surface area contributed by atoms with Crippen LogP contribution >= 0.6 is 11.3 Å². The Morgan fingerprint density at radius 3 is 2.87 bits per heavy atom. The molecule has 2 aliphatic heterocycles. The summed E-state index contributed by atoms with van der Waals surface area (Å²) in [6.45, 7) is 4.21. The molecule has 8 nitrogen and oxygen atoms in total. The standard InChI is InChI=1S/C21H29N5OS.CH2O2/c1-25-13-8-21(20(27)24-10-6-17-5-2-3-9-22-17)7-4-12-26(18(21)15-25)16-19-23-11-14-28-19;2-1-3/h2-3,5,9,11,14,18H,4,6-8,10,12-13,15-16H2,1H3,(H,24,27);1H,(H,2,3)/t18-,21+;/m0./s1. The quantitative estimate of drug-likeness (QED) is 0.655. The van der Waals surface area contributed by atoms with Crippen molar-refractivity contribution in [1.29, 1.82) is 0 Å². The molecule has 1 amide bonds. The Morgan fingerprint density at radius 1 is 1.32 bits per heavy atom. The number of piperidine rings is 2. The first-order valence-electron chi connectivity index (χ1n) is 10.7. The van der Waals surface area contributed by atoms with Crippen molar-refractivity contribution in [3.63, 3.8) is 0 Å². The largest absolute Gasteiger partial charge is 0.483 e. The summed E-state index contributed by atoms with van der Waals surface area (Å²) in [6.07, 6.45) is 7.43. The molecular weight excluding hydrogens is 414 g/mol. The van der Waals surface area contributed by atoms with Crippen molar-refractivity contribution in [3.05, 3.63) is 46.7 Å². The molecule has 4 heterocycles. The Morgan fingerprint density at radius 2 is 2.16 bits per heavy atom. The lowest BCUT2D eigenvalue weighted by atomic mass is 9.67. The van der Waals surface area contributed by atoms with E-state index in [2.05, 4.69) is 32.1 Å². The first-order chi connectivity index (χ1) is 15.1. The summed E-state index contributed by atoms with van der Waals surface area (Å²) in [5.41, 5.74) is 0.737. The summed E-state index contributed by atoms with van der Waals surface area (Å²) in [6, 6.07) is 6.18. The molecule has 2 N–H and O–H groups in total. The van der Waals surface area contributed by atoms with E-state index in [0.717, 1.165) is 62.6 Å². The van der Waals surface area contributed by atoms with Crippen LogP contribution in [0.5, 0.6) is 0 Å². The molecule has 31 heavy (non-hydrogen) atoms. The lowest BCUT2D eigenvalue weighted by molar-refractivity contribution is -0.145. The maximum Gasteiger partial charge on any atom is 0.290 e. The van der Waals surface area contributed by atoms with Gasteiger partial charge in [-0.15, -0.1) is 11.3 Å². The Balaban J connectivity index is 0.000000858. The summed E-state index contributed by atoms with van der Waals surface area (Å²) in [4.78, 5) is 35.5. The average Bonchev–Trinajstić information content (AvgIpc) is 3.29. The van der Waals surface area contributed by atoms with Gasteiger partial charge in [0.25, 0.3) is 6.47 Å². The summed E-state index contributed by atoms with van der Waals surface area (Å²) in [5.74, 6) is 0.227. The van der Waals surface area contributed by atoms with E-state index in [1.54, 1.807) is 17.5 Å². The Labute approximate surface area is 187 Å². The molecule has 9 heteroatoms. The van der Waals surface area contributed by atoms with Crippen molar-refractivity contribution in [2.24, 2.45) is 5.41 Å². The summed E-state index contributed by atoms with van der Waals surface area (Å²) in [5, 5.41) is 13.3. The normalized spacial score (nSPS) is 23.8. The van der Waals surface area contributed by atoms with Crippen molar-refractivity contribution in [3.8, 4) is 0 Å². The van der Waals surface area contributed by atoms with Crippen LogP contribution in [0.4, 0.5) is 0 Å². The van der Waals surface area contributed by atoms with Gasteiger partial charge in [-0.3, -0.25) is 19.5 Å². The molecule has 0 spiro atoms. The zero-order chi connectivity index (χ0) is 22.1. The molecule has 0 unspecified atom stereocenters. The van der Waals surface area contributed by atoms with Crippen LogP contribution in [0, 0.1) is 5.41 Å². The number of likely N-dealkylation sites (tertiary alicyclic amines) is 2. The number of carbonyl (C=O) groups excluding carboxylic acids is 1. The second-order valence-electron chi connectivity index (χ2n) is 8.12. The summed E-state index contributed by atoms with van der Waals surface area (Å²) in [7, 11) is 2.17. The zero-order valence-electron chi connectivity index (χ0n) is 17.9. The molecule has 2 aromatic rings. The van der Waals surface area contributed by atoms with Crippen LogP contribution in [0.3, 0.4) is 0 Å². The van der Waals surface area contributed by atoms with Crippen LogP contribution < -0.4 is 5.32 Å². The van der Waals surface area contributed by atoms with Crippen LogP contribution in [0.15, 0.2) is 36.0 Å². The molecule has 0 aliphatic carbocycles. The minimum atomic E-state index is -0.286. The Kier molecular flexibility index (Phi) is 8.51. The van der Waals surface area contributed by atoms with Crippen molar-refractivity contribution < 1.29 is 14.7 Å². The molecule has 0 saturated carbocycles. The van der Waals surface area contributed by atoms with Crippen LogP contribution in [-0.2, 0) is 22.6 Å². The number of carbonyl (C=O) groups is 2. The van der Waals surface area contributed by atoms with Gasteiger partial charge in [0.05, 0.1) is 12.0 Å². The van der Waals surface area contributed by atoms with Gasteiger partial charge in [-0.25, -0.2) is 4.98 Å². The molecule has 0 radical (unpaired) electrons. The van der Waals surface area contributed by atoms with Gasteiger partial charge >= 0.3 is 0 Å². The number of hydrogen-bond donors (Lipinski definition) is 2. The first kappa shape index (κ1) is 23.3. The van der Waals surface area contributed by atoms with Crippen molar-refractivity contribution in [1.82, 2.24) is 25.1 Å². The molecule has 0 bridgehead atoms. The highest BCUT2D eigenvalue weighted by molar-refractivity contribution is 7.09. The zero-order valence-corrected chi connectivity index (χ0v) is 18.8. The number of likely N-dealkylation sites (N-methyl/N-ethyl adjacent to an activating group) is 1. The third kappa shape index (κ3) is 5.87. The molecule has 168 valence electrons. The lowest BCUT2D eigenvalue weighted by Crippen LogP contribution is -2.65. The highest BCUT2D eigenvalue weighted by Gasteiger charge is 2.52. The molecule has 2 atom stereocenters. The smallest absolute Gasteiger partial charge is 0.290 e. The number of pyridine rings is 1. The predicted octanol–water partition coefficient (Wildman–Crippen LogP) is 1.88. The van der Waals surface area contributed by atoms with E-state index in [9.17, 15) is 4.79 Å². The highest BCUT2D eigenvalue weighted by atomic mass is 32.1. The third-order valence-electron chi connectivity index (χ3n) is 6.24. The second-order valence-corrected chi connectivity index (χ2v) is 9.10. The first-order valence-corrected chi connectivity index (χ1v) is 11.5. The SMILES string of the molecule is CN1CC[C@]2(C(=O)NCCc3ccccn3)CCCN(Cc3nccs3)[C@H]2C1.O=CO. The summed E-state index contributed by atoms with van der Waals surface area (Å²) < 4.78 is 0. The van der Waals surface area contributed by atoms with Gasteiger partial charge < -0.3 is 15.3 Å². The molecule has 4 rings (SSSR count). The minimum absolute atomic E-state index is 0.227. The second kappa shape index (κ2) is 11.3. The monoisotopic (exact) mass is 445 g/mol. The number of hydrogen-bond acceptors (Lipinski definition) is 7. The van der Waals surface area contributed by atoms with Gasteiger partial charge in [-0.05, 0) is 51.5 Å². The maximum atomic E-state index is 13.4. The van der Waals surface area contributed by atoms with E-state index in [4.69, 9.17) is 9.90 Å². The van der Waals surface area contributed by atoms with Gasteiger partial charge in [-0.2, -0.15) is 0 Å². The molecule has 2 aromatic heterocycles. The van der Waals surface area contributed by atoms with Gasteiger partial charge in [-0.1, -0.05) is 6.07 Å². The van der Waals surface area contributed by atoms with Gasteiger partial charge in [0.1, 0.15) is 5.01 Å². The predicted molar refractivity (Wildman–Crippen MR) is 120 cm³/mol. The minimum Gasteiger partial charge on any atom is -0.483 e. The third-order valence-corrected chi connectivity index (χ3v) is 7.00. The topological polar surface area (TPSA) is 98.7 Å². The molecule has 0 aromatic carbocycles. The van der Waals surface area contributed by atoms with Gasteiger partial charge in [0.15, 0.2) is 0 Å². The lowest BCUT2D eigenvalue weighted by Gasteiger charge is -2.53. The van der Waals surface area contributed by atoms with Gasteiger partial charge in [0, 0.05) is 49.0 Å². The number of amides is 1. The Bertz CT molecular complexity index is 820. The fourth-order valence-electron chi connectivity index (χ4n) is 4.73. The number of aromatic nitrogens is 2. The average molecular weight is 446 g/mol. The van der Waals surface area contributed by atoms with Crippen LogP contribution in [0.25, 0.3) is 0 Å². The van der Waals surface area contributed by atoms with Crippen molar-refractivity contribution in [2.45, 2.75) is 38.3 Å². The van der Waals surface area contributed by atoms with Gasteiger partial charge in [0.2, 0.25) is 5.91 Å². The van der Waals surface area contributed by atoms with E-state index in [1.165, 1.54) is 0 Å². The fraction of sp³-hybridized carbons (Fsp3) is 0.545. The van der Waals surface area contributed by atoms with E-state index in [1.807, 2.05) is 29.8 Å². The van der Waals surface area contributed by atoms with E-state index >= 15 is 0 Å². The van der Waals surface area contributed by atoms with Crippen molar-refractivity contribution in [2.75, 3.05) is 33.2 Å². The molecule has 2 aliphatic rings. The van der Waals surface area contributed by atoms with Crippen molar-refractivity contribution >= 4 is 23.7 Å². The number of thiazole rings is 1. The van der Waals surface area contributed by atoms with E-state index in [0.29, 0.717) is 6.54 Å². The summed E-state index contributed by atoms with van der Waals surface area (Å²) >= 11 is 1.70. The number of nitrogens with zero attached hydrogens (tertiary/aromatic N) is 4. The fourth-order valence-corrected chi connectivity index (χ4v) is 5.37. The van der Waals surface area contributed by atoms with Crippen LogP contribution in [0.1, 0.15) is 30.0 Å². The van der Waals surface area contributed by atoms with E-state index < -0.39 is 0 Å². The molecular formula is C22H31N5O3S. The molecule has 2 saturated heterocycles. The maximum absolute atomic E-state index is 13.4. The highest BCUT2D eigenvalue weighted by Crippen LogP contribution is 2.43. The van der Waals surface area contributed by atoms with Crippen LogP contribution in [0.2, 0.25) is 0 Å². The van der Waals surface area contributed by atoms with E-state index in [-0.39, 0.29) is 23.8 Å². The number of fused-ring (bicyclic) bond motifs is 1. The number of nitrogens with one attached hydrogen (secondary N) is 1. The number of rotatable bonds is 6. The number of carboxylic acid groups (broad SMARTS) is 1. The Hall–Kier alpha value is -2.36.